The van der Waals surface area contributed by atoms with Gasteiger partial charge >= 0.3 is 5.97 Å². The molecule has 2 aliphatic carbocycles. The van der Waals surface area contributed by atoms with E-state index in [1.165, 1.54) is 0 Å². The molecule has 2 atom stereocenters. The van der Waals surface area contributed by atoms with Crippen LogP contribution in [-0.4, -0.2) is 22.5 Å². The zero-order chi connectivity index (χ0) is 15.9. The van der Waals surface area contributed by atoms with Crippen molar-refractivity contribution in [3.63, 3.8) is 0 Å². The lowest BCUT2D eigenvalue weighted by Crippen LogP contribution is -2.55. The summed E-state index contributed by atoms with van der Waals surface area (Å²) < 4.78 is 0. The molecule has 1 aromatic carbocycles. The minimum Gasteiger partial charge on any atom is -0.481 e. The minimum atomic E-state index is -0.870. The molecule has 2 aliphatic rings. The summed E-state index contributed by atoms with van der Waals surface area (Å²) >= 11 is 12.2. The van der Waals surface area contributed by atoms with Gasteiger partial charge in [0.1, 0.15) is 0 Å². The third-order valence-electron chi connectivity index (χ3n) is 4.70. The van der Waals surface area contributed by atoms with Gasteiger partial charge in [-0.05, 0) is 43.2 Å². The SMILES string of the molecule is O=C(O)CC1(NC(=O)C2CC2c2cccc(Cl)c2Cl)CCC1. The quantitative estimate of drug-likeness (QED) is 0.859. The molecule has 1 aromatic rings. The topological polar surface area (TPSA) is 66.4 Å². The van der Waals surface area contributed by atoms with Crippen LogP contribution in [0.1, 0.15) is 43.6 Å². The second kappa shape index (κ2) is 5.74. The van der Waals surface area contributed by atoms with Gasteiger partial charge in [-0.1, -0.05) is 35.3 Å². The number of aliphatic carboxylic acids is 1. The molecule has 0 saturated heterocycles. The molecule has 0 aliphatic heterocycles. The Labute approximate surface area is 138 Å². The molecule has 2 unspecified atom stereocenters. The molecule has 2 fully saturated rings. The van der Waals surface area contributed by atoms with Gasteiger partial charge in [-0.15, -0.1) is 0 Å². The molecular weight excluding hydrogens is 325 g/mol. The Hall–Kier alpha value is -1.26. The second-order valence-electron chi connectivity index (χ2n) is 6.29. The van der Waals surface area contributed by atoms with Gasteiger partial charge in [-0.25, -0.2) is 0 Å². The fraction of sp³-hybridized carbons (Fsp3) is 0.500. The fourth-order valence-electron chi connectivity index (χ4n) is 3.23. The van der Waals surface area contributed by atoms with Crippen LogP contribution in [0.2, 0.25) is 10.0 Å². The number of halogens is 2. The highest BCUT2D eigenvalue weighted by Crippen LogP contribution is 2.51. The van der Waals surface area contributed by atoms with Crippen LogP contribution in [-0.2, 0) is 9.59 Å². The third kappa shape index (κ3) is 2.95. The van der Waals surface area contributed by atoms with E-state index in [2.05, 4.69) is 5.32 Å². The van der Waals surface area contributed by atoms with Crippen LogP contribution >= 0.6 is 23.2 Å². The maximum atomic E-state index is 12.4. The number of carbonyl (C=O) groups is 2. The van der Waals surface area contributed by atoms with E-state index in [0.717, 1.165) is 31.2 Å². The lowest BCUT2D eigenvalue weighted by atomic mass is 9.74. The molecule has 2 saturated carbocycles. The molecule has 6 heteroatoms. The summed E-state index contributed by atoms with van der Waals surface area (Å²) in [4.78, 5) is 23.4. The van der Waals surface area contributed by atoms with Crippen molar-refractivity contribution in [3.8, 4) is 0 Å². The summed E-state index contributed by atoms with van der Waals surface area (Å²) in [6.07, 6.45) is 3.16. The standard InChI is InChI=1S/C16H17Cl2NO3/c17-12-4-1-3-9(14(12)18)10-7-11(10)15(22)19-16(5-2-6-16)8-13(20)21/h1,3-4,10-11H,2,5-8H2,(H,19,22)(H,20,21). The van der Waals surface area contributed by atoms with Crippen LogP contribution in [0.4, 0.5) is 0 Å². The maximum absolute atomic E-state index is 12.4. The monoisotopic (exact) mass is 341 g/mol. The van der Waals surface area contributed by atoms with Crippen LogP contribution in [0.15, 0.2) is 18.2 Å². The first-order valence-electron chi connectivity index (χ1n) is 7.40. The Bertz CT molecular complexity index is 628. The van der Waals surface area contributed by atoms with Crippen molar-refractivity contribution in [3.05, 3.63) is 33.8 Å². The summed E-state index contributed by atoms with van der Waals surface area (Å²) in [7, 11) is 0. The molecule has 1 amide bonds. The van der Waals surface area contributed by atoms with E-state index in [0.29, 0.717) is 10.0 Å². The number of rotatable bonds is 5. The average Bonchev–Trinajstić information content (AvgIpc) is 3.19. The van der Waals surface area contributed by atoms with Gasteiger partial charge < -0.3 is 10.4 Å². The Kier molecular flexibility index (Phi) is 4.08. The van der Waals surface area contributed by atoms with Gasteiger partial charge in [0.05, 0.1) is 22.0 Å². The van der Waals surface area contributed by atoms with Crippen molar-refractivity contribution in [2.24, 2.45) is 5.92 Å². The smallest absolute Gasteiger partial charge is 0.305 e. The van der Waals surface area contributed by atoms with Crippen LogP contribution in [0.5, 0.6) is 0 Å². The van der Waals surface area contributed by atoms with Gasteiger partial charge in [0.25, 0.3) is 0 Å². The highest BCUT2D eigenvalue weighted by atomic mass is 35.5. The van der Waals surface area contributed by atoms with E-state index in [1.807, 2.05) is 12.1 Å². The predicted octanol–water partition coefficient (Wildman–Crippen LogP) is 3.61. The lowest BCUT2D eigenvalue weighted by molar-refractivity contribution is -0.140. The molecule has 0 heterocycles. The number of carbonyl (C=O) groups excluding carboxylic acids is 1. The molecule has 118 valence electrons. The summed E-state index contributed by atoms with van der Waals surface area (Å²) in [5.41, 5.74) is 0.351. The second-order valence-corrected chi connectivity index (χ2v) is 7.07. The van der Waals surface area contributed by atoms with Crippen molar-refractivity contribution in [1.82, 2.24) is 5.32 Å². The van der Waals surface area contributed by atoms with Crippen molar-refractivity contribution >= 4 is 35.1 Å². The van der Waals surface area contributed by atoms with Gasteiger partial charge in [-0.3, -0.25) is 9.59 Å². The van der Waals surface area contributed by atoms with E-state index in [-0.39, 0.29) is 24.2 Å². The minimum absolute atomic E-state index is 0.00590. The molecule has 0 bridgehead atoms. The summed E-state index contributed by atoms with van der Waals surface area (Å²) in [5, 5.41) is 13.0. The Morgan fingerprint density at radius 1 is 1.32 bits per heavy atom. The number of hydrogen-bond acceptors (Lipinski definition) is 2. The van der Waals surface area contributed by atoms with Crippen molar-refractivity contribution in [2.45, 2.75) is 43.6 Å². The van der Waals surface area contributed by atoms with Crippen LogP contribution < -0.4 is 5.32 Å². The number of nitrogens with one attached hydrogen (secondary N) is 1. The molecular formula is C16H17Cl2NO3. The highest BCUT2D eigenvalue weighted by Gasteiger charge is 2.49. The first-order chi connectivity index (χ1) is 10.4. The van der Waals surface area contributed by atoms with E-state index >= 15 is 0 Å². The number of hydrogen-bond donors (Lipinski definition) is 2. The van der Waals surface area contributed by atoms with E-state index < -0.39 is 11.5 Å². The first kappa shape index (κ1) is 15.6. The lowest BCUT2D eigenvalue weighted by Gasteiger charge is -2.41. The highest BCUT2D eigenvalue weighted by molar-refractivity contribution is 6.42. The molecule has 0 spiro atoms. The van der Waals surface area contributed by atoms with Crippen molar-refractivity contribution < 1.29 is 14.7 Å². The van der Waals surface area contributed by atoms with Crippen molar-refractivity contribution in [2.75, 3.05) is 0 Å². The van der Waals surface area contributed by atoms with E-state index in [9.17, 15) is 9.59 Å². The molecule has 4 nitrogen and oxygen atoms in total. The zero-order valence-corrected chi connectivity index (χ0v) is 13.5. The van der Waals surface area contributed by atoms with Crippen LogP contribution in [0, 0.1) is 5.92 Å². The van der Waals surface area contributed by atoms with E-state index in [4.69, 9.17) is 28.3 Å². The van der Waals surface area contributed by atoms with Gasteiger partial charge in [-0.2, -0.15) is 0 Å². The Balaban J connectivity index is 1.66. The molecule has 0 aromatic heterocycles. The van der Waals surface area contributed by atoms with Crippen LogP contribution in [0.25, 0.3) is 0 Å². The van der Waals surface area contributed by atoms with Crippen LogP contribution in [0.3, 0.4) is 0 Å². The normalized spacial score (nSPS) is 25.2. The number of carboxylic acids is 1. The third-order valence-corrected chi connectivity index (χ3v) is 5.53. The molecule has 3 rings (SSSR count). The average molecular weight is 342 g/mol. The van der Waals surface area contributed by atoms with Gasteiger partial charge in [0.2, 0.25) is 5.91 Å². The van der Waals surface area contributed by atoms with Gasteiger partial charge in [0, 0.05) is 5.92 Å². The number of carboxylic acid groups (broad SMARTS) is 1. The van der Waals surface area contributed by atoms with Crippen molar-refractivity contribution in [1.29, 1.82) is 0 Å². The van der Waals surface area contributed by atoms with E-state index in [1.54, 1.807) is 6.07 Å². The fourth-order valence-corrected chi connectivity index (χ4v) is 3.68. The summed E-state index contributed by atoms with van der Waals surface area (Å²) in [5.74, 6) is -0.998. The first-order valence-corrected chi connectivity index (χ1v) is 8.15. The number of benzene rings is 1. The molecule has 22 heavy (non-hydrogen) atoms. The molecule has 0 radical (unpaired) electrons. The number of amides is 1. The Morgan fingerprint density at radius 2 is 2.05 bits per heavy atom. The van der Waals surface area contributed by atoms with Gasteiger partial charge in [0.15, 0.2) is 0 Å². The zero-order valence-electron chi connectivity index (χ0n) is 11.9. The molecule has 2 N–H and O–H groups in total. The Morgan fingerprint density at radius 3 is 2.64 bits per heavy atom. The maximum Gasteiger partial charge on any atom is 0.305 e. The summed E-state index contributed by atoms with van der Waals surface area (Å²) in [6, 6.07) is 5.44. The predicted molar refractivity (Wildman–Crippen MR) is 84.3 cm³/mol. The summed E-state index contributed by atoms with van der Waals surface area (Å²) in [6.45, 7) is 0. The largest absolute Gasteiger partial charge is 0.481 e.